The van der Waals surface area contributed by atoms with E-state index in [1.165, 1.54) is 30.3 Å². The number of alkyl halides is 3. The number of hydrogen-bond acceptors (Lipinski definition) is 4. The van der Waals surface area contributed by atoms with Crippen molar-refractivity contribution < 1.29 is 31.1 Å². The largest absolute Gasteiger partial charge is 0.478 e. The lowest BCUT2D eigenvalue weighted by atomic mass is 10.1. The fraction of sp³-hybridized carbons (Fsp3) is 0.174. The SMILES string of the molecule is CC(C)(Oc1ccc(Cl)cc1)C(=O)Nc1ccc(S(=O)(=O)Nc2cccc(C(F)(F)F)c2)cc1. The molecule has 3 aromatic rings. The van der Waals surface area contributed by atoms with Gasteiger partial charge in [-0.3, -0.25) is 9.52 Å². The van der Waals surface area contributed by atoms with E-state index in [9.17, 15) is 26.4 Å². The van der Waals surface area contributed by atoms with Crippen molar-refractivity contribution in [2.45, 2.75) is 30.5 Å². The molecular formula is C23H20ClF3N2O4S. The maximum atomic E-state index is 12.9. The van der Waals surface area contributed by atoms with Crippen molar-refractivity contribution in [2.75, 3.05) is 10.0 Å². The number of amides is 1. The third-order valence-corrected chi connectivity index (χ3v) is 6.25. The summed E-state index contributed by atoms with van der Waals surface area (Å²) in [6.07, 6.45) is -4.60. The van der Waals surface area contributed by atoms with Gasteiger partial charge in [-0.1, -0.05) is 17.7 Å². The summed E-state index contributed by atoms with van der Waals surface area (Å²) in [6, 6.07) is 15.5. The van der Waals surface area contributed by atoms with Crippen LogP contribution in [0.1, 0.15) is 19.4 Å². The number of carbonyl (C=O) groups excluding carboxylic acids is 1. The smallest absolute Gasteiger partial charge is 0.416 e. The van der Waals surface area contributed by atoms with Gasteiger partial charge in [0.15, 0.2) is 5.60 Å². The van der Waals surface area contributed by atoms with Crippen molar-refractivity contribution >= 4 is 38.9 Å². The predicted octanol–water partition coefficient (Wildman–Crippen LogP) is 5.96. The van der Waals surface area contributed by atoms with E-state index in [4.69, 9.17) is 16.3 Å². The summed E-state index contributed by atoms with van der Waals surface area (Å²) in [4.78, 5) is 12.5. The molecule has 0 saturated carbocycles. The number of halogens is 4. The van der Waals surface area contributed by atoms with Crippen molar-refractivity contribution in [3.63, 3.8) is 0 Å². The summed E-state index contributed by atoms with van der Waals surface area (Å²) >= 11 is 5.84. The summed E-state index contributed by atoms with van der Waals surface area (Å²) in [5.74, 6) is -0.0493. The third kappa shape index (κ3) is 6.42. The molecule has 0 aromatic heterocycles. The number of sulfonamides is 1. The van der Waals surface area contributed by atoms with Crippen LogP contribution in [0, 0.1) is 0 Å². The summed E-state index contributed by atoms with van der Waals surface area (Å²) in [6.45, 7) is 3.13. The zero-order valence-electron chi connectivity index (χ0n) is 18.0. The van der Waals surface area contributed by atoms with Crippen molar-refractivity contribution in [3.05, 3.63) is 83.4 Å². The first-order chi connectivity index (χ1) is 15.8. The average Bonchev–Trinajstić information content (AvgIpc) is 2.75. The lowest BCUT2D eigenvalue weighted by Crippen LogP contribution is -2.42. The molecule has 0 aliphatic heterocycles. The van der Waals surface area contributed by atoms with Crippen LogP contribution in [-0.4, -0.2) is 19.9 Å². The van der Waals surface area contributed by atoms with E-state index in [1.54, 1.807) is 38.1 Å². The number of hydrogen-bond donors (Lipinski definition) is 2. The molecule has 0 aliphatic rings. The molecule has 0 spiro atoms. The minimum atomic E-state index is -4.60. The normalized spacial score (nSPS) is 12.2. The highest BCUT2D eigenvalue weighted by Gasteiger charge is 2.31. The molecule has 180 valence electrons. The van der Waals surface area contributed by atoms with Crippen LogP contribution in [0.15, 0.2) is 77.7 Å². The quantitative estimate of drug-likeness (QED) is 0.409. The lowest BCUT2D eigenvalue weighted by molar-refractivity contribution is -0.137. The van der Waals surface area contributed by atoms with Gasteiger partial charge in [0, 0.05) is 16.4 Å². The van der Waals surface area contributed by atoms with Gasteiger partial charge in [0.1, 0.15) is 5.75 Å². The molecule has 34 heavy (non-hydrogen) atoms. The molecule has 0 heterocycles. The molecule has 0 atom stereocenters. The van der Waals surface area contributed by atoms with Gasteiger partial charge >= 0.3 is 6.18 Å². The minimum Gasteiger partial charge on any atom is -0.478 e. The molecule has 6 nitrogen and oxygen atoms in total. The Balaban J connectivity index is 1.69. The Kier molecular flexibility index (Phi) is 7.13. The molecule has 11 heteroatoms. The van der Waals surface area contributed by atoms with E-state index in [1.807, 2.05) is 0 Å². The monoisotopic (exact) mass is 512 g/mol. The fourth-order valence-electron chi connectivity index (χ4n) is 2.82. The highest BCUT2D eigenvalue weighted by molar-refractivity contribution is 7.92. The van der Waals surface area contributed by atoms with Gasteiger partial charge in [-0.15, -0.1) is 0 Å². The first-order valence-electron chi connectivity index (χ1n) is 9.82. The highest BCUT2D eigenvalue weighted by atomic mass is 35.5. The standard InChI is InChI=1S/C23H20ClF3N2O4S/c1-22(2,33-19-10-6-16(24)7-11-19)21(30)28-17-8-12-20(13-9-17)34(31,32)29-18-5-3-4-15(14-18)23(25,26)27/h3-14,29H,1-2H3,(H,28,30). The average molecular weight is 513 g/mol. The van der Waals surface area contributed by atoms with Crippen LogP contribution >= 0.6 is 11.6 Å². The van der Waals surface area contributed by atoms with Crippen LogP contribution in [0.3, 0.4) is 0 Å². The summed E-state index contributed by atoms with van der Waals surface area (Å²) in [5, 5.41) is 3.16. The zero-order valence-corrected chi connectivity index (χ0v) is 19.6. The number of anilines is 2. The van der Waals surface area contributed by atoms with Crippen molar-refractivity contribution in [1.29, 1.82) is 0 Å². The van der Waals surface area contributed by atoms with Gasteiger partial charge in [-0.25, -0.2) is 8.42 Å². The molecule has 0 aliphatic carbocycles. The predicted molar refractivity (Wildman–Crippen MR) is 123 cm³/mol. The molecule has 0 unspecified atom stereocenters. The number of ether oxygens (including phenoxy) is 1. The second-order valence-corrected chi connectivity index (χ2v) is 9.85. The summed E-state index contributed by atoms with van der Waals surface area (Å²) in [7, 11) is -4.16. The first-order valence-corrected chi connectivity index (χ1v) is 11.7. The van der Waals surface area contributed by atoms with Crippen LogP contribution in [0.2, 0.25) is 5.02 Å². The molecule has 3 rings (SSSR count). The Bertz CT molecular complexity index is 1280. The number of benzene rings is 3. The van der Waals surface area contributed by atoms with Crippen molar-refractivity contribution in [2.24, 2.45) is 0 Å². The molecule has 0 fully saturated rings. The fourth-order valence-corrected chi connectivity index (χ4v) is 3.99. The zero-order chi connectivity index (χ0) is 25.1. The molecule has 0 bridgehead atoms. The van der Waals surface area contributed by atoms with Crippen LogP contribution in [0.5, 0.6) is 5.75 Å². The first kappa shape index (κ1) is 25.4. The molecule has 0 saturated heterocycles. The number of carbonyl (C=O) groups is 1. The van der Waals surface area contributed by atoms with E-state index in [0.29, 0.717) is 22.5 Å². The molecule has 3 aromatic carbocycles. The Morgan fingerprint density at radius 2 is 1.53 bits per heavy atom. The van der Waals surface area contributed by atoms with Gasteiger partial charge in [0.25, 0.3) is 15.9 Å². The van der Waals surface area contributed by atoms with E-state index in [-0.39, 0.29) is 10.6 Å². The van der Waals surface area contributed by atoms with Gasteiger partial charge in [-0.2, -0.15) is 13.2 Å². The maximum absolute atomic E-state index is 12.9. The van der Waals surface area contributed by atoms with Gasteiger partial charge in [0.05, 0.1) is 10.5 Å². The van der Waals surface area contributed by atoms with E-state index >= 15 is 0 Å². The Morgan fingerprint density at radius 1 is 0.912 bits per heavy atom. The van der Waals surface area contributed by atoms with Crippen molar-refractivity contribution in [1.82, 2.24) is 0 Å². The Hall–Kier alpha value is -3.24. The van der Waals surface area contributed by atoms with Gasteiger partial charge in [0.2, 0.25) is 0 Å². The van der Waals surface area contributed by atoms with Crippen LogP contribution in [0.4, 0.5) is 24.5 Å². The number of rotatable bonds is 7. The highest BCUT2D eigenvalue weighted by Crippen LogP contribution is 2.31. The topological polar surface area (TPSA) is 84.5 Å². The van der Waals surface area contributed by atoms with Crippen molar-refractivity contribution in [3.8, 4) is 5.75 Å². The summed E-state index contributed by atoms with van der Waals surface area (Å²) in [5.41, 5.74) is -2.16. The molecule has 1 amide bonds. The second-order valence-electron chi connectivity index (χ2n) is 7.73. The van der Waals surface area contributed by atoms with E-state index < -0.39 is 33.3 Å². The van der Waals surface area contributed by atoms with Crippen LogP contribution < -0.4 is 14.8 Å². The van der Waals surface area contributed by atoms with Crippen LogP contribution in [0.25, 0.3) is 0 Å². The number of nitrogens with one attached hydrogen (secondary N) is 2. The molecule has 2 N–H and O–H groups in total. The minimum absolute atomic E-state index is 0.195. The van der Waals surface area contributed by atoms with Gasteiger partial charge in [-0.05, 0) is 80.6 Å². The van der Waals surface area contributed by atoms with Crippen LogP contribution in [-0.2, 0) is 21.0 Å². The maximum Gasteiger partial charge on any atom is 0.416 e. The summed E-state index contributed by atoms with van der Waals surface area (Å²) < 4.78 is 71.6. The Labute approximate surface area is 199 Å². The van der Waals surface area contributed by atoms with E-state index in [0.717, 1.165) is 12.1 Å². The Morgan fingerprint density at radius 3 is 2.12 bits per heavy atom. The molecule has 0 radical (unpaired) electrons. The second kappa shape index (κ2) is 9.55. The van der Waals surface area contributed by atoms with Gasteiger partial charge < -0.3 is 10.1 Å². The molecular weight excluding hydrogens is 493 g/mol. The third-order valence-electron chi connectivity index (χ3n) is 4.60. The van der Waals surface area contributed by atoms with E-state index in [2.05, 4.69) is 10.0 Å². The lowest BCUT2D eigenvalue weighted by Gasteiger charge is -2.25.